The molecule has 0 saturated carbocycles. The number of ether oxygens (including phenoxy) is 2. The SMILES string of the molecule is CO[C@H]1[C@@H](O)[C@@H](C)OC(O)[C@@H]1O. The van der Waals surface area contributed by atoms with Crippen molar-refractivity contribution in [2.75, 3.05) is 7.11 Å². The van der Waals surface area contributed by atoms with Gasteiger partial charge in [-0.05, 0) is 6.92 Å². The molecule has 5 atom stereocenters. The van der Waals surface area contributed by atoms with E-state index in [-0.39, 0.29) is 0 Å². The molecule has 1 saturated heterocycles. The zero-order valence-corrected chi connectivity index (χ0v) is 7.04. The van der Waals surface area contributed by atoms with Crippen LogP contribution >= 0.6 is 0 Å². The summed E-state index contributed by atoms with van der Waals surface area (Å²) < 4.78 is 9.63. The van der Waals surface area contributed by atoms with Gasteiger partial charge in [-0.15, -0.1) is 0 Å². The zero-order chi connectivity index (χ0) is 9.30. The Morgan fingerprint density at radius 3 is 2.25 bits per heavy atom. The molecule has 1 unspecified atom stereocenters. The highest BCUT2D eigenvalue weighted by atomic mass is 16.6. The van der Waals surface area contributed by atoms with Crippen molar-refractivity contribution in [3.8, 4) is 0 Å². The number of hydrogen-bond donors (Lipinski definition) is 3. The molecule has 1 fully saturated rings. The number of hydrogen-bond acceptors (Lipinski definition) is 5. The summed E-state index contributed by atoms with van der Waals surface area (Å²) in [5.41, 5.74) is 0. The molecule has 1 aliphatic heterocycles. The summed E-state index contributed by atoms with van der Waals surface area (Å²) in [5.74, 6) is 0. The molecule has 12 heavy (non-hydrogen) atoms. The Bertz CT molecular complexity index is 137. The van der Waals surface area contributed by atoms with E-state index < -0.39 is 30.7 Å². The summed E-state index contributed by atoms with van der Waals surface area (Å²) >= 11 is 0. The van der Waals surface area contributed by atoms with Crippen molar-refractivity contribution < 1.29 is 24.8 Å². The second-order valence-corrected chi connectivity index (χ2v) is 2.91. The van der Waals surface area contributed by atoms with Crippen LogP contribution in [-0.4, -0.2) is 53.1 Å². The van der Waals surface area contributed by atoms with Crippen molar-refractivity contribution in [3.63, 3.8) is 0 Å². The first-order valence-electron chi connectivity index (χ1n) is 3.80. The minimum atomic E-state index is -1.28. The zero-order valence-electron chi connectivity index (χ0n) is 7.04. The quantitative estimate of drug-likeness (QED) is 0.453. The average Bonchev–Trinajstić information content (AvgIpc) is 2.02. The van der Waals surface area contributed by atoms with Crippen LogP contribution in [0.4, 0.5) is 0 Å². The van der Waals surface area contributed by atoms with E-state index in [1.165, 1.54) is 7.11 Å². The molecule has 72 valence electrons. The van der Waals surface area contributed by atoms with E-state index >= 15 is 0 Å². The fourth-order valence-electron chi connectivity index (χ4n) is 1.29. The van der Waals surface area contributed by atoms with E-state index in [0.29, 0.717) is 0 Å². The molecule has 5 nitrogen and oxygen atoms in total. The van der Waals surface area contributed by atoms with Crippen molar-refractivity contribution in [2.45, 2.75) is 37.6 Å². The molecular formula is C7H14O5. The van der Waals surface area contributed by atoms with E-state index in [2.05, 4.69) is 0 Å². The van der Waals surface area contributed by atoms with Gasteiger partial charge in [-0.1, -0.05) is 0 Å². The molecule has 0 aromatic heterocycles. The van der Waals surface area contributed by atoms with Gasteiger partial charge >= 0.3 is 0 Å². The second kappa shape index (κ2) is 3.68. The van der Waals surface area contributed by atoms with Crippen molar-refractivity contribution >= 4 is 0 Å². The summed E-state index contributed by atoms with van der Waals surface area (Å²) in [6.45, 7) is 1.60. The van der Waals surface area contributed by atoms with Crippen molar-refractivity contribution in [1.82, 2.24) is 0 Å². The summed E-state index contributed by atoms with van der Waals surface area (Å²) in [5, 5.41) is 27.8. The van der Waals surface area contributed by atoms with Crippen LogP contribution in [0, 0.1) is 0 Å². The molecule has 0 aromatic carbocycles. The predicted molar refractivity (Wildman–Crippen MR) is 39.4 cm³/mol. The van der Waals surface area contributed by atoms with Gasteiger partial charge in [0.05, 0.1) is 6.10 Å². The largest absolute Gasteiger partial charge is 0.388 e. The topological polar surface area (TPSA) is 79.2 Å². The fraction of sp³-hybridized carbons (Fsp3) is 1.00. The highest BCUT2D eigenvalue weighted by Gasteiger charge is 2.42. The van der Waals surface area contributed by atoms with Gasteiger partial charge in [-0.3, -0.25) is 0 Å². The van der Waals surface area contributed by atoms with Gasteiger partial charge < -0.3 is 24.8 Å². The summed E-state index contributed by atoms with van der Waals surface area (Å²) in [6.07, 6.45) is -4.71. The van der Waals surface area contributed by atoms with Crippen molar-refractivity contribution in [1.29, 1.82) is 0 Å². The Morgan fingerprint density at radius 2 is 1.75 bits per heavy atom. The molecule has 3 N–H and O–H groups in total. The molecule has 0 aromatic rings. The minimum Gasteiger partial charge on any atom is -0.388 e. The fourth-order valence-corrected chi connectivity index (χ4v) is 1.29. The first-order valence-corrected chi connectivity index (χ1v) is 3.80. The maximum atomic E-state index is 9.40. The Balaban J connectivity index is 2.67. The predicted octanol–water partition coefficient (Wildman–Crippen LogP) is -1.54. The van der Waals surface area contributed by atoms with Gasteiger partial charge in [0.1, 0.15) is 18.3 Å². The van der Waals surface area contributed by atoms with Gasteiger partial charge in [0, 0.05) is 7.11 Å². The van der Waals surface area contributed by atoms with Crippen LogP contribution in [0.15, 0.2) is 0 Å². The Kier molecular flexibility index (Phi) is 3.03. The third-order valence-corrected chi connectivity index (χ3v) is 2.07. The van der Waals surface area contributed by atoms with Gasteiger partial charge in [0.2, 0.25) is 0 Å². The Labute approximate surface area is 70.5 Å². The number of aliphatic hydroxyl groups is 3. The standard InChI is InChI=1S/C7H14O5/c1-3-4(8)6(11-2)5(9)7(10)12-3/h3-10H,1-2H3/t3-,4+,5-,6+,7?/m1/s1. The van der Waals surface area contributed by atoms with Crippen LogP contribution < -0.4 is 0 Å². The van der Waals surface area contributed by atoms with Gasteiger partial charge in [0.25, 0.3) is 0 Å². The molecule has 1 aliphatic rings. The van der Waals surface area contributed by atoms with Crippen LogP contribution in [0.2, 0.25) is 0 Å². The van der Waals surface area contributed by atoms with Crippen LogP contribution in [0.5, 0.6) is 0 Å². The lowest BCUT2D eigenvalue weighted by Gasteiger charge is -2.38. The average molecular weight is 178 g/mol. The van der Waals surface area contributed by atoms with E-state index in [9.17, 15) is 10.2 Å². The van der Waals surface area contributed by atoms with Crippen LogP contribution in [0.1, 0.15) is 6.92 Å². The lowest BCUT2D eigenvalue weighted by Crippen LogP contribution is -2.57. The summed E-state index contributed by atoms with van der Waals surface area (Å²) in [4.78, 5) is 0. The molecule has 0 amide bonds. The van der Waals surface area contributed by atoms with E-state index in [1.807, 2.05) is 0 Å². The maximum absolute atomic E-state index is 9.40. The number of aliphatic hydroxyl groups excluding tert-OH is 3. The molecular weight excluding hydrogens is 164 g/mol. The van der Waals surface area contributed by atoms with E-state index in [1.54, 1.807) is 6.92 Å². The van der Waals surface area contributed by atoms with Gasteiger partial charge in [-0.2, -0.15) is 0 Å². The maximum Gasteiger partial charge on any atom is 0.183 e. The highest BCUT2D eigenvalue weighted by molar-refractivity contribution is 4.87. The second-order valence-electron chi connectivity index (χ2n) is 2.91. The highest BCUT2D eigenvalue weighted by Crippen LogP contribution is 2.21. The van der Waals surface area contributed by atoms with Crippen LogP contribution in [0.3, 0.4) is 0 Å². The molecule has 0 spiro atoms. The first kappa shape index (κ1) is 9.88. The van der Waals surface area contributed by atoms with E-state index in [4.69, 9.17) is 14.6 Å². The van der Waals surface area contributed by atoms with Crippen LogP contribution in [0.25, 0.3) is 0 Å². The van der Waals surface area contributed by atoms with Gasteiger partial charge in [0.15, 0.2) is 6.29 Å². The van der Waals surface area contributed by atoms with Crippen molar-refractivity contribution in [3.05, 3.63) is 0 Å². The smallest absolute Gasteiger partial charge is 0.183 e. The summed E-state index contributed by atoms with van der Waals surface area (Å²) in [6, 6.07) is 0. The monoisotopic (exact) mass is 178 g/mol. The molecule has 1 heterocycles. The minimum absolute atomic E-state index is 0.534. The Morgan fingerprint density at radius 1 is 1.17 bits per heavy atom. The molecule has 0 radical (unpaired) electrons. The lowest BCUT2D eigenvalue weighted by molar-refractivity contribution is -0.282. The molecule has 1 rings (SSSR count). The van der Waals surface area contributed by atoms with Crippen molar-refractivity contribution in [2.24, 2.45) is 0 Å². The van der Waals surface area contributed by atoms with Gasteiger partial charge in [-0.25, -0.2) is 0 Å². The van der Waals surface area contributed by atoms with E-state index in [0.717, 1.165) is 0 Å². The first-order chi connectivity index (χ1) is 5.57. The molecule has 0 aliphatic carbocycles. The summed E-state index contributed by atoms with van der Waals surface area (Å²) in [7, 11) is 1.36. The molecule has 5 heteroatoms. The van der Waals surface area contributed by atoms with Crippen LogP contribution in [-0.2, 0) is 9.47 Å². The lowest BCUT2D eigenvalue weighted by atomic mass is 10.00. The Hall–Kier alpha value is -0.200. The molecule has 0 bridgehead atoms. The number of methoxy groups -OCH3 is 1. The third-order valence-electron chi connectivity index (χ3n) is 2.07. The normalized spacial score (nSPS) is 49.2. The number of rotatable bonds is 1. The third kappa shape index (κ3) is 1.60.